The minimum atomic E-state index is -4.66. The lowest BCUT2D eigenvalue weighted by atomic mass is 10.1. The third kappa shape index (κ3) is 5.98. The second kappa shape index (κ2) is 8.52. The first-order chi connectivity index (χ1) is 12.7. The fourth-order valence-corrected chi connectivity index (χ4v) is 2.36. The Labute approximate surface area is 153 Å². The van der Waals surface area contributed by atoms with E-state index >= 15 is 0 Å². The van der Waals surface area contributed by atoms with Crippen LogP contribution in [0.25, 0.3) is 0 Å². The minimum Gasteiger partial charge on any atom is -0.378 e. The molecule has 0 aliphatic rings. The number of alkyl halides is 3. The van der Waals surface area contributed by atoms with E-state index < -0.39 is 22.4 Å². The van der Waals surface area contributed by atoms with E-state index in [1.54, 1.807) is 0 Å². The minimum absolute atomic E-state index is 0.0409. The molecule has 0 spiro atoms. The van der Waals surface area contributed by atoms with Crippen LogP contribution in [0.5, 0.6) is 0 Å². The number of nitro groups is 1. The van der Waals surface area contributed by atoms with Gasteiger partial charge in [0.25, 0.3) is 5.69 Å². The average Bonchev–Trinajstić information content (AvgIpc) is 2.59. The lowest BCUT2D eigenvalue weighted by molar-refractivity contribution is -0.384. The van der Waals surface area contributed by atoms with Gasteiger partial charge in [-0.1, -0.05) is 29.8 Å². The predicted molar refractivity (Wildman–Crippen MR) is 94.5 cm³/mol. The highest BCUT2D eigenvalue weighted by molar-refractivity contribution is 5.78. The molecule has 0 aliphatic carbocycles. The third-order valence-corrected chi connectivity index (χ3v) is 3.77. The van der Waals surface area contributed by atoms with Gasteiger partial charge in [0.1, 0.15) is 5.69 Å². The van der Waals surface area contributed by atoms with Crippen LogP contribution in [0.3, 0.4) is 0 Å². The summed E-state index contributed by atoms with van der Waals surface area (Å²) in [4.78, 5) is 22.0. The zero-order chi connectivity index (χ0) is 20.0. The van der Waals surface area contributed by atoms with Gasteiger partial charge in [-0.25, -0.2) is 0 Å². The number of benzene rings is 2. The highest BCUT2D eigenvalue weighted by Gasteiger charge is 2.32. The van der Waals surface area contributed by atoms with Crippen molar-refractivity contribution in [3.05, 3.63) is 69.3 Å². The van der Waals surface area contributed by atoms with Crippen molar-refractivity contribution in [2.24, 2.45) is 0 Å². The normalized spacial score (nSPS) is 11.1. The molecule has 0 atom stereocenters. The number of hydrogen-bond acceptors (Lipinski definition) is 4. The first-order valence-electron chi connectivity index (χ1n) is 8.08. The van der Waals surface area contributed by atoms with Gasteiger partial charge in [-0.2, -0.15) is 13.2 Å². The van der Waals surface area contributed by atoms with Crippen molar-refractivity contribution >= 4 is 17.3 Å². The number of nitro benzene ring substituents is 1. The first kappa shape index (κ1) is 20.2. The summed E-state index contributed by atoms with van der Waals surface area (Å²) in [5, 5.41) is 16.3. The Hall–Kier alpha value is -3.10. The molecule has 6 nitrogen and oxygen atoms in total. The summed E-state index contributed by atoms with van der Waals surface area (Å²) in [5.74, 6) is -0.220. The molecule has 9 heteroatoms. The molecular weight excluding hydrogens is 363 g/mol. The molecule has 27 heavy (non-hydrogen) atoms. The van der Waals surface area contributed by atoms with E-state index in [0.29, 0.717) is 6.07 Å². The van der Waals surface area contributed by atoms with Crippen molar-refractivity contribution in [1.82, 2.24) is 5.32 Å². The second-order valence-electron chi connectivity index (χ2n) is 5.93. The van der Waals surface area contributed by atoms with Gasteiger partial charge in [-0.05, 0) is 24.6 Å². The number of nitrogens with one attached hydrogen (secondary N) is 2. The Kier molecular flexibility index (Phi) is 6.38. The van der Waals surface area contributed by atoms with E-state index in [0.717, 1.165) is 23.3 Å². The van der Waals surface area contributed by atoms with Crippen LogP contribution in [0.1, 0.15) is 16.7 Å². The van der Waals surface area contributed by atoms with Crippen molar-refractivity contribution in [3.63, 3.8) is 0 Å². The maximum absolute atomic E-state index is 12.7. The molecule has 0 unspecified atom stereocenters. The van der Waals surface area contributed by atoms with E-state index in [2.05, 4.69) is 10.6 Å². The zero-order valence-electron chi connectivity index (χ0n) is 14.5. The number of anilines is 1. The first-order valence-corrected chi connectivity index (χ1v) is 8.08. The van der Waals surface area contributed by atoms with Crippen LogP contribution in [-0.4, -0.2) is 23.9 Å². The predicted octanol–water partition coefficient (Wildman–Crippen LogP) is 3.69. The lowest BCUT2D eigenvalue weighted by Gasteiger charge is -2.11. The van der Waals surface area contributed by atoms with E-state index in [-0.39, 0.29) is 31.1 Å². The standard InChI is InChI=1S/C18H18F3N3O3/c1-12-2-4-13(5-3-12)10-17(25)23-9-8-22-15-7-6-14(18(19,20)21)11-16(15)24(26)27/h2-7,11,22H,8-10H2,1H3,(H,23,25). The number of carbonyl (C=O) groups excluding carboxylic acids is 1. The van der Waals surface area contributed by atoms with Crippen LogP contribution < -0.4 is 10.6 Å². The Morgan fingerprint density at radius 2 is 1.78 bits per heavy atom. The maximum atomic E-state index is 12.7. The summed E-state index contributed by atoms with van der Waals surface area (Å²) in [7, 11) is 0. The number of nitrogens with zero attached hydrogens (tertiary/aromatic N) is 1. The summed E-state index contributed by atoms with van der Waals surface area (Å²) in [6.45, 7) is 2.24. The third-order valence-electron chi connectivity index (χ3n) is 3.77. The van der Waals surface area contributed by atoms with Crippen LogP contribution in [0.4, 0.5) is 24.5 Å². The maximum Gasteiger partial charge on any atom is 0.416 e. The average molecular weight is 381 g/mol. The topological polar surface area (TPSA) is 84.3 Å². The number of hydrogen-bond donors (Lipinski definition) is 2. The highest BCUT2D eigenvalue weighted by atomic mass is 19.4. The molecule has 2 aromatic carbocycles. The second-order valence-corrected chi connectivity index (χ2v) is 5.93. The van der Waals surface area contributed by atoms with Gasteiger partial charge < -0.3 is 10.6 Å². The van der Waals surface area contributed by atoms with E-state index in [9.17, 15) is 28.1 Å². The summed E-state index contributed by atoms with van der Waals surface area (Å²) in [6, 6.07) is 9.75. The van der Waals surface area contributed by atoms with E-state index in [1.807, 2.05) is 31.2 Å². The van der Waals surface area contributed by atoms with E-state index in [1.165, 1.54) is 0 Å². The van der Waals surface area contributed by atoms with Crippen LogP contribution >= 0.6 is 0 Å². The van der Waals surface area contributed by atoms with Crippen molar-refractivity contribution in [3.8, 4) is 0 Å². The Morgan fingerprint density at radius 1 is 1.11 bits per heavy atom. The number of rotatable bonds is 7. The van der Waals surface area contributed by atoms with Gasteiger partial charge in [0.05, 0.1) is 16.9 Å². The number of aryl methyl sites for hydroxylation is 1. The molecule has 0 aliphatic heterocycles. The van der Waals surface area contributed by atoms with E-state index in [4.69, 9.17) is 0 Å². The van der Waals surface area contributed by atoms with Crippen LogP contribution in [0.15, 0.2) is 42.5 Å². The fourth-order valence-electron chi connectivity index (χ4n) is 2.36. The summed E-state index contributed by atoms with van der Waals surface area (Å²) in [6.07, 6.45) is -4.46. The molecule has 2 N–H and O–H groups in total. The Morgan fingerprint density at radius 3 is 2.37 bits per heavy atom. The van der Waals surface area contributed by atoms with Crippen molar-refractivity contribution in [1.29, 1.82) is 0 Å². The largest absolute Gasteiger partial charge is 0.416 e. The molecule has 0 bridgehead atoms. The molecule has 0 heterocycles. The SMILES string of the molecule is Cc1ccc(CC(=O)NCCNc2ccc(C(F)(F)F)cc2[N+](=O)[O-])cc1. The monoisotopic (exact) mass is 381 g/mol. The molecule has 0 radical (unpaired) electrons. The molecule has 2 rings (SSSR count). The summed E-state index contributed by atoms with van der Waals surface area (Å²) >= 11 is 0. The fraction of sp³-hybridized carbons (Fsp3) is 0.278. The quantitative estimate of drug-likeness (QED) is 0.435. The molecule has 0 saturated carbocycles. The van der Waals surface area contributed by atoms with Gasteiger partial charge in [-0.3, -0.25) is 14.9 Å². The molecular formula is C18H18F3N3O3. The van der Waals surface area contributed by atoms with Crippen LogP contribution in [0.2, 0.25) is 0 Å². The van der Waals surface area contributed by atoms with Crippen molar-refractivity contribution in [2.75, 3.05) is 18.4 Å². The molecule has 144 valence electrons. The van der Waals surface area contributed by atoms with Crippen molar-refractivity contribution in [2.45, 2.75) is 19.5 Å². The van der Waals surface area contributed by atoms with Gasteiger partial charge >= 0.3 is 6.18 Å². The molecule has 0 saturated heterocycles. The Bertz CT molecular complexity index is 821. The Balaban J connectivity index is 1.88. The van der Waals surface area contributed by atoms with Gasteiger partial charge in [0, 0.05) is 19.2 Å². The number of halogens is 3. The summed E-state index contributed by atoms with van der Waals surface area (Å²) < 4.78 is 38.0. The van der Waals surface area contributed by atoms with Crippen LogP contribution in [-0.2, 0) is 17.4 Å². The zero-order valence-corrected chi connectivity index (χ0v) is 14.5. The lowest BCUT2D eigenvalue weighted by Crippen LogP contribution is -2.30. The molecule has 0 fully saturated rings. The molecule has 0 aromatic heterocycles. The molecule has 2 aromatic rings. The van der Waals surface area contributed by atoms with Gasteiger partial charge in [0.15, 0.2) is 0 Å². The summed E-state index contributed by atoms with van der Waals surface area (Å²) in [5.41, 5.74) is 0.133. The van der Waals surface area contributed by atoms with Crippen LogP contribution in [0, 0.1) is 17.0 Å². The molecule has 1 amide bonds. The van der Waals surface area contributed by atoms with Gasteiger partial charge in [0.2, 0.25) is 5.91 Å². The number of carbonyl (C=O) groups is 1. The van der Waals surface area contributed by atoms with Crippen molar-refractivity contribution < 1.29 is 22.9 Å². The van der Waals surface area contributed by atoms with Gasteiger partial charge in [-0.15, -0.1) is 0 Å². The number of amides is 1. The highest BCUT2D eigenvalue weighted by Crippen LogP contribution is 2.34. The smallest absolute Gasteiger partial charge is 0.378 e.